The van der Waals surface area contributed by atoms with Gasteiger partial charge in [0.1, 0.15) is 0 Å². The Morgan fingerprint density at radius 3 is 2.88 bits per heavy atom. The lowest BCUT2D eigenvalue weighted by atomic mass is 10.3. The van der Waals surface area contributed by atoms with Gasteiger partial charge in [-0.3, -0.25) is 0 Å². The Morgan fingerprint density at radius 1 is 1.59 bits per heavy atom. The smallest absolute Gasteiger partial charge is 0.232 e. The predicted molar refractivity (Wildman–Crippen MR) is 72.4 cm³/mol. The van der Waals surface area contributed by atoms with E-state index in [1.165, 1.54) is 6.20 Å². The molecule has 4 nitrogen and oxygen atoms in total. The maximum atomic E-state index is 12.0. The van der Waals surface area contributed by atoms with Gasteiger partial charge in [-0.2, -0.15) is 11.8 Å². The molecule has 1 fully saturated rings. The number of hydrogen-bond donors (Lipinski definition) is 1. The molecule has 1 N–H and O–H groups in total. The molecule has 1 aliphatic carbocycles. The molecule has 17 heavy (non-hydrogen) atoms. The molecule has 8 heteroatoms. The van der Waals surface area contributed by atoms with Gasteiger partial charge in [-0.25, -0.2) is 18.1 Å². The van der Waals surface area contributed by atoms with Crippen molar-refractivity contribution >= 4 is 44.7 Å². The molecule has 2 unspecified atom stereocenters. The molecule has 0 radical (unpaired) electrons. The molecule has 1 heterocycles. The zero-order valence-corrected chi connectivity index (χ0v) is 12.4. The fourth-order valence-electron chi connectivity index (χ4n) is 1.90. The number of nitrogens with zero attached hydrogens (tertiary/aromatic N) is 1. The van der Waals surface area contributed by atoms with E-state index in [1.54, 1.807) is 11.8 Å². The first-order chi connectivity index (χ1) is 8.01. The molecule has 2 atom stereocenters. The molecular weight excluding hydrogens is 300 g/mol. The van der Waals surface area contributed by atoms with Gasteiger partial charge in [0.15, 0.2) is 8.68 Å². The number of halogens is 1. The Balaban J connectivity index is 2.03. The van der Waals surface area contributed by atoms with E-state index in [4.69, 9.17) is 11.6 Å². The van der Waals surface area contributed by atoms with Crippen LogP contribution in [0.2, 0.25) is 4.47 Å². The molecule has 0 aliphatic heterocycles. The van der Waals surface area contributed by atoms with Crippen molar-refractivity contribution in [1.82, 2.24) is 9.71 Å². The van der Waals surface area contributed by atoms with Crippen molar-refractivity contribution in [3.05, 3.63) is 10.7 Å². The summed E-state index contributed by atoms with van der Waals surface area (Å²) < 4.78 is 27.1. The zero-order valence-electron chi connectivity index (χ0n) is 9.22. The third kappa shape index (κ3) is 3.35. The van der Waals surface area contributed by atoms with Crippen LogP contribution in [-0.2, 0) is 10.0 Å². The van der Waals surface area contributed by atoms with Crippen molar-refractivity contribution in [3.63, 3.8) is 0 Å². The van der Waals surface area contributed by atoms with Crippen LogP contribution in [0.5, 0.6) is 0 Å². The first kappa shape index (κ1) is 13.6. The summed E-state index contributed by atoms with van der Waals surface area (Å²) in [5, 5.41) is 0.563. The van der Waals surface area contributed by atoms with Crippen molar-refractivity contribution in [2.24, 2.45) is 0 Å². The molecule has 96 valence electrons. The first-order valence-electron chi connectivity index (χ1n) is 5.17. The molecule has 1 aromatic rings. The molecule has 1 aliphatic rings. The Hall–Kier alpha value is 0.180. The van der Waals surface area contributed by atoms with Gasteiger partial charge in [-0.05, 0) is 25.5 Å². The summed E-state index contributed by atoms with van der Waals surface area (Å²) in [6.07, 6.45) is 6.23. The maximum Gasteiger partial charge on any atom is 0.251 e. The standard InChI is InChI=1S/C9H13ClN2O2S3/c1-15-7-3-2-6(4-7)12-17(13,14)8-5-11-9(10)16-8/h5-7,12H,2-4H2,1H3. The minimum absolute atomic E-state index is 0.0401. The molecular formula is C9H13ClN2O2S3. The van der Waals surface area contributed by atoms with Crippen LogP contribution in [0.3, 0.4) is 0 Å². The van der Waals surface area contributed by atoms with E-state index in [9.17, 15) is 8.42 Å². The van der Waals surface area contributed by atoms with E-state index >= 15 is 0 Å². The van der Waals surface area contributed by atoms with Gasteiger partial charge < -0.3 is 0 Å². The summed E-state index contributed by atoms with van der Waals surface area (Å²) in [6.45, 7) is 0. The molecule has 0 spiro atoms. The third-order valence-electron chi connectivity index (χ3n) is 2.76. The quantitative estimate of drug-likeness (QED) is 0.927. The zero-order chi connectivity index (χ0) is 12.5. The van der Waals surface area contributed by atoms with Crippen molar-refractivity contribution in [1.29, 1.82) is 0 Å². The van der Waals surface area contributed by atoms with Gasteiger partial charge in [0.2, 0.25) is 0 Å². The second-order valence-electron chi connectivity index (χ2n) is 3.92. The van der Waals surface area contributed by atoms with Gasteiger partial charge in [-0.15, -0.1) is 0 Å². The predicted octanol–water partition coefficient (Wildman–Crippen LogP) is 2.36. The highest BCUT2D eigenvalue weighted by molar-refractivity contribution is 7.99. The Kier molecular flexibility index (Phi) is 4.35. The van der Waals surface area contributed by atoms with Crippen LogP contribution in [-0.4, -0.2) is 30.9 Å². The van der Waals surface area contributed by atoms with E-state index in [1.807, 2.05) is 0 Å². The van der Waals surface area contributed by atoms with Crippen LogP contribution in [0.4, 0.5) is 0 Å². The van der Waals surface area contributed by atoms with Gasteiger partial charge >= 0.3 is 0 Å². The number of nitrogens with one attached hydrogen (secondary N) is 1. The number of thiazole rings is 1. The average molecular weight is 313 g/mol. The Bertz CT molecular complexity index is 488. The summed E-state index contributed by atoms with van der Waals surface area (Å²) in [5.41, 5.74) is 0. The number of thioether (sulfide) groups is 1. The lowest BCUT2D eigenvalue weighted by molar-refractivity contribution is 0.554. The fraction of sp³-hybridized carbons (Fsp3) is 0.667. The lowest BCUT2D eigenvalue weighted by Gasteiger charge is -2.11. The second-order valence-corrected chi connectivity index (χ2v) is 8.61. The van der Waals surface area contributed by atoms with E-state index in [0.717, 1.165) is 30.6 Å². The normalized spacial score (nSPS) is 25.3. The minimum atomic E-state index is -3.44. The molecule has 2 rings (SSSR count). The SMILES string of the molecule is CSC1CCC(NS(=O)(=O)c2cnc(Cl)s2)C1. The largest absolute Gasteiger partial charge is 0.251 e. The van der Waals surface area contributed by atoms with Crippen molar-refractivity contribution in [2.75, 3.05) is 6.26 Å². The minimum Gasteiger partial charge on any atom is -0.232 e. The molecule has 1 saturated carbocycles. The molecule has 0 saturated heterocycles. The van der Waals surface area contributed by atoms with Crippen LogP contribution in [0, 0.1) is 0 Å². The van der Waals surface area contributed by atoms with E-state index in [-0.39, 0.29) is 14.7 Å². The second kappa shape index (κ2) is 5.44. The number of sulfonamides is 1. The fourth-order valence-corrected chi connectivity index (χ4v) is 5.29. The van der Waals surface area contributed by atoms with Gasteiger partial charge in [0.05, 0.1) is 6.20 Å². The Morgan fingerprint density at radius 2 is 2.35 bits per heavy atom. The number of hydrogen-bond acceptors (Lipinski definition) is 5. The van der Waals surface area contributed by atoms with Gasteiger partial charge in [0.25, 0.3) is 10.0 Å². The van der Waals surface area contributed by atoms with E-state index in [0.29, 0.717) is 5.25 Å². The van der Waals surface area contributed by atoms with Crippen LogP contribution in [0.15, 0.2) is 10.4 Å². The van der Waals surface area contributed by atoms with Crippen LogP contribution < -0.4 is 4.72 Å². The summed E-state index contributed by atoms with van der Waals surface area (Å²) in [6, 6.07) is 0.0401. The Labute approximate surface area is 114 Å². The highest BCUT2D eigenvalue weighted by Gasteiger charge is 2.29. The van der Waals surface area contributed by atoms with Crippen LogP contribution in [0.25, 0.3) is 0 Å². The summed E-state index contributed by atoms with van der Waals surface area (Å²) >= 11 is 8.42. The summed E-state index contributed by atoms with van der Waals surface area (Å²) in [7, 11) is -3.44. The molecule has 0 aromatic carbocycles. The highest BCUT2D eigenvalue weighted by Crippen LogP contribution is 2.30. The number of aromatic nitrogens is 1. The van der Waals surface area contributed by atoms with Crippen molar-refractivity contribution in [3.8, 4) is 0 Å². The molecule has 1 aromatic heterocycles. The van der Waals surface area contributed by atoms with Crippen LogP contribution >= 0.6 is 34.7 Å². The maximum absolute atomic E-state index is 12.0. The van der Waals surface area contributed by atoms with Gasteiger partial charge in [0, 0.05) is 11.3 Å². The number of rotatable bonds is 4. The average Bonchev–Trinajstić information content (AvgIpc) is 2.86. The van der Waals surface area contributed by atoms with E-state index < -0.39 is 10.0 Å². The highest BCUT2D eigenvalue weighted by atomic mass is 35.5. The summed E-state index contributed by atoms with van der Waals surface area (Å²) in [5.74, 6) is 0. The molecule has 0 bridgehead atoms. The van der Waals surface area contributed by atoms with Crippen molar-refractivity contribution < 1.29 is 8.42 Å². The van der Waals surface area contributed by atoms with Crippen LogP contribution in [0.1, 0.15) is 19.3 Å². The van der Waals surface area contributed by atoms with E-state index in [2.05, 4.69) is 16.0 Å². The lowest BCUT2D eigenvalue weighted by Crippen LogP contribution is -2.32. The summed E-state index contributed by atoms with van der Waals surface area (Å²) in [4.78, 5) is 3.75. The molecule has 0 amide bonds. The topological polar surface area (TPSA) is 59.1 Å². The van der Waals surface area contributed by atoms with Crippen molar-refractivity contribution in [2.45, 2.75) is 34.8 Å². The monoisotopic (exact) mass is 312 g/mol. The first-order valence-corrected chi connectivity index (χ1v) is 9.14. The third-order valence-corrected chi connectivity index (χ3v) is 6.95. The van der Waals surface area contributed by atoms with Gasteiger partial charge in [-0.1, -0.05) is 22.9 Å².